The molecule has 0 spiro atoms. The standard InChI is InChI=1S/C31H33N3O10S/c1-17(35)40-16-25-26(41-18(2)36)27(42-19(3)37)28(43-20(4)38)30(44-25)34-31(45)23(15-22-13-9-10-14-24(22)39-5)32-29(33-34)21-11-7-6-8-12-21/h6-14,25-28,30H,15-16H2,1-5H3/t25-,26+,27-,28-,30+/m0/s1. The number of hydrogen-bond donors (Lipinski definition) is 0. The lowest BCUT2D eigenvalue weighted by atomic mass is 9.97. The van der Waals surface area contributed by atoms with E-state index in [1.54, 1.807) is 7.11 Å². The molecule has 0 amide bonds. The molecule has 0 bridgehead atoms. The molecule has 1 aliphatic heterocycles. The second kappa shape index (κ2) is 14.9. The van der Waals surface area contributed by atoms with Crippen molar-refractivity contribution < 1.29 is 47.6 Å². The summed E-state index contributed by atoms with van der Waals surface area (Å²) in [5, 5.41) is 4.70. The number of carbonyl (C=O) groups is 4. The van der Waals surface area contributed by atoms with Crippen LogP contribution < -0.4 is 4.74 Å². The third-order valence-corrected chi connectivity index (χ3v) is 7.11. The topological polar surface area (TPSA) is 154 Å². The smallest absolute Gasteiger partial charge is 0.303 e. The summed E-state index contributed by atoms with van der Waals surface area (Å²) in [7, 11) is 1.56. The molecular formula is C31H33N3O10S. The molecule has 238 valence electrons. The third-order valence-electron chi connectivity index (χ3n) is 6.69. The van der Waals surface area contributed by atoms with Crippen LogP contribution in [0.25, 0.3) is 11.4 Å². The van der Waals surface area contributed by atoms with E-state index in [0.29, 0.717) is 17.0 Å². The van der Waals surface area contributed by atoms with Crippen molar-refractivity contribution in [1.82, 2.24) is 14.8 Å². The highest BCUT2D eigenvalue weighted by Gasteiger charge is 2.53. The monoisotopic (exact) mass is 639 g/mol. The van der Waals surface area contributed by atoms with E-state index in [1.807, 2.05) is 54.6 Å². The maximum atomic E-state index is 12.4. The molecule has 4 rings (SSSR count). The van der Waals surface area contributed by atoms with E-state index in [1.165, 1.54) is 11.6 Å². The molecule has 3 aromatic rings. The zero-order valence-corrected chi connectivity index (χ0v) is 26.1. The van der Waals surface area contributed by atoms with Gasteiger partial charge in [-0.25, -0.2) is 9.67 Å². The summed E-state index contributed by atoms with van der Waals surface area (Å²) >= 11 is 5.90. The molecule has 1 saturated heterocycles. The van der Waals surface area contributed by atoms with Crippen LogP contribution in [0.5, 0.6) is 5.75 Å². The molecular weight excluding hydrogens is 606 g/mol. The lowest BCUT2D eigenvalue weighted by Gasteiger charge is -2.44. The minimum Gasteiger partial charge on any atom is -0.496 e. The second-order valence-corrected chi connectivity index (χ2v) is 10.5. The number of hydrogen-bond acceptors (Lipinski definition) is 13. The molecule has 0 aliphatic carbocycles. The number of para-hydroxylation sites is 1. The van der Waals surface area contributed by atoms with Crippen LogP contribution in [-0.2, 0) is 49.3 Å². The van der Waals surface area contributed by atoms with Crippen molar-refractivity contribution in [3.63, 3.8) is 0 Å². The van der Waals surface area contributed by atoms with E-state index in [4.69, 9.17) is 50.7 Å². The maximum Gasteiger partial charge on any atom is 0.303 e. The van der Waals surface area contributed by atoms with Gasteiger partial charge in [0, 0.05) is 45.2 Å². The van der Waals surface area contributed by atoms with E-state index in [9.17, 15) is 19.2 Å². The minimum atomic E-state index is -1.41. The van der Waals surface area contributed by atoms with Gasteiger partial charge < -0.3 is 28.4 Å². The quantitative estimate of drug-likeness (QED) is 0.181. The first-order valence-electron chi connectivity index (χ1n) is 14.0. The fourth-order valence-electron chi connectivity index (χ4n) is 4.91. The van der Waals surface area contributed by atoms with Crippen LogP contribution in [0.15, 0.2) is 54.6 Å². The van der Waals surface area contributed by atoms with E-state index in [0.717, 1.165) is 26.3 Å². The van der Waals surface area contributed by atoms with Gasteiger partial charge in [0.1, 0.15) is 23.1 Å². The molecule has 0 unspecified atom stereocenters. The van der Waals surface area contributed by atoms with Crippen LogP contribution in [0.1, 0.15) is 45.2 Å². The summed E-state index contributed by atoms with van der Waals surface area (Å²) < 4.78 is 35.3. The van der Waals surface area contributed by atoms with Gasteiger partial charge in [-0.05, 0) is 6.07 Å². The molecule has 2 heterocycles. The van der Waals surface area contributed by atoms with Crippen LogP contribution in [0.2, 0.25) is 0 Å². The Morgan fingerprint density at radius 3 is 2.04 bits per heavy atom. The first kappa shape index (κ1) is 33.2. The summed E-state index contributed by atoms with van der Waals surface area (Å²) in [5.74, 6) is -1.99. The van der Waals surface area contributed by atoms with Crippen LogP contribution in [0.3, 0.4) is 0 Å². The highest BCUT2D eigenvalue weighted by Crippen LogP contribution is 2.35. The van der Waals surface area contributed by atoms with Crippen LogP contribution in [0, 0.1) is 4.64 Å². The Morgan fingerprint density at radius 2 is 1.42 bits per heavy atom. The Kier molecular flexibility index (Phi) is 11.0. The molecule has 45 heavy (non-hydrogen) atoms. The Hall–Kier alpha value is -4.69. The van der Waals surface area contributed by atoms with Crippen molar-refractivity contribution in [2.24, 2.45) is 0 Å². The molecule has 14 heteroatoms. The summed E-state index contributed by atoms with van der Waals surface area (Å²) in [6.45, 7) is 4.26. The third kappa shape index (κ3) is 8.28. The lowest BCUT2D eigenvalue weighted by molar-refractivity contribution is -0.270. The molecule has 5 atom stereocenters. The van der Waals surface area contributed by atoms with Crippen molar-refractivity contribution >= 4 is 36.1 Å². The van der Waals surface area contributed by atoms with Crippen molar-refractivity contribution in [2.75, 3.05) is 13.7 Å². The van der Waals surface area contributed by atoms with Gasteiger partial charge in [-0.1, -0.05) is 60.7 Å². The average molecular weight is 640 g/mol. The van der Waals surface area contributed by atoms with Gasteiger partial charge in [0.15, 0.2) is 30.4 Å². The van der Waals surface area contributed by atoms with E-state index >= 15 is 0 Å². The molecule has 1 aromatic heterocycles. The van der Waals surface area contributed by atoms with Crippen molar-refractivity contribution in [3.05, 3.63) is 70.5 Å². The summed E-state index contributed by atoms with van der Waals surface area (Å²) in [5.41, 5.74) is 1.85. The number of methoxy groups -OCH3 is 1. The van der Waals surface area contributed by atoms with Crippen LogP contribution in [-0.4, -0.2) is 76.8 Å². The van der Waals surface area contributed by atoms with Crippen molar-refractivity contribution in [3.8, 4) is 17.1 Å². The molecule has 0 saturated carbocycles. The first-order chi connectivity index (χ1) is 21.5. The van der Waals surface area contributed by atoms with Gasteiger partial charge in [0.2, 0.25) is 0 Å². The highest BCUT2D eigenvalue weighted by atomic mass is 32.1. The molecule has 13 nitrogen and oxygen atoms in total. The maximum absolute atomic E-state index is 12.4. The van der Waals surface area contributed by atoms with Gasteiger partial charge >= 0.3 is 23.9 Å². The zero-order valence-electron chi connectivity index (χ0n) is 25.3. The average Bonchev–Trinajstić information content (AvgIpc) is 2.99. The number of aromatic nitrogens is 3. The number of esters is 4. The number of benzene rings is 2. The fraction of sp³-hybridized carbons (Fsp3) is 0.387. The number of rotatable bonds is 10. The predicted molar refractivity (Wildman–Crippen MR) is 159 cm³/mol. The van der Waals surface area contributed by atoms with Crippen LogP contribution in [0.4, 0.5) is 0 Å². The fourth-order valence-corrected chi connectivity index (χ4v) is 5.17. The Labute approximate surface area is 264 Å². The lowest BCUT2D eigenvalue weighted by Crippen LogP contribution is -2.60. The van der Waals surface area contributed by atoms with E-state index in [2.05, 4.69) is 0 Å². The Bertz CT molecular complexity index is 1610. The molecule has 0 radical (unpaired) electrons. The van der Waals surface area contributed by atoms with Gasteiger partial charge in [0.25, 0.3) is 0 Å². The second-order valence-electron chi connectivity index (χ2n) is 10.1. The highest BCUT2D eigenvalue weighted by molar-refractivity contribution is 7.71. The van der Waals surface area contributed by atoms with Gasteiger partial charge in [-0.15, -0.1) is 5.10 Å². The Morgan fingerprint density at radius 1 is 0.822 bits per heavy atom. The largest absolute Gasteiger partial charge is 0.496 e. The number of ether oxygens (including phenoxy) is 6. The first-order valence-corrected chi connectivity index (χ1v) is 14.4. The summed E-state index contributed by atoms with van der Waals surface area (Å²) in [4.78, 5) is 53.4. The van der Waals surface area contributed by atoms with Crippen molar-refractivity contribution in [1.29, 1.82) is 0 Å². The predicted octanol–water partition coefficient (Wildman–Crippen LogP) is 3.53. The normalized spacial score (nSPS) is 20.9. The van der Waals surface area contributed by atoms with Crippen LogP contribution >= 0.6 is 12.2 Å². The summed E-state index contributed by atoms with van der Waals surface area (Å²) in [6, 6.07) is 16.5. The zero-order chi connectivity index (χ0) is 32.7. The number of nitrogens with zero attached hydrogens (tertiary/aromatic N) is 3. The van der Waals surface area contributed by atoms with Gasteiger partial charge in [0.05, 0.1) is 12.8 Å². The van der Waals surface area contributed by atoms with Gasteiger partial charge in [-0.3, -0.25) is 19.2 Å². The minimum absolute atomic E-state index is 0.112. The summed E-state index contributed by atoms with van der Waals surface area (Å²) in [6.07, 6.45) is -6.44. The molecule has 1 aliphatic rings. The Balaban J connectivity index is 1.94. The van der Waals surface area contributed by atoms with Gasteiger partial charge in [-0.2, -0.15) is 0 Å². The molecule has 1 fully saturated rings. The SMILES string of the molecule is COc1ccccc1Cc1nc(-c2ccccc2)nn([C@@H]2O[C@@H](COC(C)=O)[C@@H](OC(C)=O)[C@H](OC(C)=O)[C@@H]2OC(C)=O)c1=S. The van der Waals surface area contributed by atoms with E-state index < -0.39 is 61.1 Å². The van der Waals surface area contributed by atoms with E-state index in [-0.39, 0.29) is 16.9 Å². The molecule has 0 N–H and O–H groups in total. The van der Waals surface area contributed by atoms with Crippen molar-refractivity contribution in [2.45, 2.75) is 64.8 Å². The molecule has 2 aromatic carbocycles. The number of carbonyl (C=O) groups excluding carboxylic acids is 4.